The average Bonchev–Trinajstić information content (AvgIpc) is 3.09. The number of carbonyl (C=O) groups excluding carboxylic acids is 1. The molecular formula is C19H28F2N2O. The first-order chi connectivity index (χ1) is 11.3. The molecule has 134 valence electrons. The lowest BCUT2D eigenvalue weighted by Gasteiger charge is -2.35. The molecule has 0 heterocycles. The number of likely N-dealkylation sites (N-methyl/N-ethyl adjacent to an activating group) is 1. The lowest BCUT2D eigenvalue weighted by atomic mass is 9.96. The number of halogens is 2. The second-order valence-electron chi connectivity index (χ2n) is 7.02. The first kappa shape index (κ1) is 18.8. The second-order valence-corrected chi connectivity index (χ2v) is 7.02. The number of hydrogen-bond acceptors (Lipinski definition) is 2. The predicted octanol–water partition coefficient (Wildman–Crippen LogP) is 3.84. The van der Waals surface area contributed by atoms with Crippen LogP contribution in [-0.2, 0) is 11.3 Å². The first-order valence-corrected chi connectivity index (χ1v) is 8.75. The van der Waals surface area contributed by atoms with E-state index in [1.807, 2.05) is 30.3 Å². The number of carbonyl (C=O) groups is 1. The Hall–Kier alpha value is -1.49. The van der Waals surface area contributed by atoms with Crippen molar-refractivity contribution in [3.63, 3.8) is 0 Å². The van der Waals surface area contributed by atoms with Crippen LogP contribution in [0.4, 0.5) is 8.78 Å². The van der Waals surface area contributed by atoms with Gasteiger partial charge in [0.05, 0.1) is 0 Å². The Kier molecular flexibility index (Phi) is 6.33. The number of amides is 1. The van der Waals surface area contributed by atoms with E-state index < -0.39 is 23.8 Å². The number of alkyl halides is 2. The Balaban J connectivity index is 2.14. The maximum Gasteiger partial charge on any atom is 0.274 e. The number of rotatable bonds is 7. The summed E-state index contributed by atoms with van der Waals surface area (Å²) in [5.74, 6) is -4.51. The molecule has 0 aromatic heterocycles. The van der Waals surface area contributed by atoms with Crippen LogP contribution < -0.4 is 5.32 Å². The highest BCUT2D eigenvalue weighted by Crippen LogP contribution is 2.31. The van der Waals surface area contributed by atoms with Crippen molar-refractivity contribution in [3.05, 3.63) is 35.9 Å². The van der Waals surface area contributed by atoms with Gasteiger partial charge in [-0.25, -0.2) is 8.78 Å². The van der Waals surface area contributed by atoms with Gasteiger partial charge in [-0.2, -0.15) is 0 Å². The van der Waals surface area contributed by atoms with E-state index in [4.69, 9.17) is 0 Å². The monoisotopic (exact) mass is 338 g/mol. The van der Waals surface area contributed by atoms with E-state index in [1.54, 1.807) is 7.05 Å². The summed E-state index contributed by atoms with van der Waals surface area (Å²) >= 11 is 0. The Morgan fingerprint density at radius 2 is 1.83 bits per heavy atom. The predicted molar refractivity (Wildman–Crippen MR) is 91.9 cm³/mol. The normalized spacial score (nSPS) is 17.2. The van der Waals surface area contributed by atoms with E-state index in [2.05, 4.69) is 5.32 Å². The van der Waals surface area contributed by atoms with Crippen LogP contribution in [0.2, 0.25) is 0 Å². The van der Waals surface area contributed by atoms with Crippen molar-refractivity contribution in [3.8, 4) is 0 Å². The van der Waals surface area contributed by atoms with Crippen LogP contribution in [0.5, 0.6) is 0 Å². The van der Waals surface area contributed by atoms with Gasteiger partial charge in [-0.3, -0.25) is 10.1 Å². The summed E-state index contributed by atoms with van der Waals surface area (Å²) in [5, 5.41) is 2.82. The third-order valence-electron chi connectivity index (χ3n) is 4.97. The summed E-state index contributed by atoms with van der Waals surface area (Å²) in [6, 6.07) is 7.91. The molecule has 1 fully saturated rings. The van der Waals surface area contributed by atoms with E-state index in [9.17, 15) is 13.6 Å². The molecule has 1 aliphatic carbocycles. The molecule has 0 radical (unpaired) electrons. The van der Waals surface area contributed by atoms with Crippen LogP contribution in [0, 0.1) is 5.92 Å². The zero-order valence-electron chi connectivity index (χ0n) is 14.8. The van der Waals surface area contributed by atoms with Crippen molar-refractivity contribution in [1.29, 1.82) is 0 Å². The van der Waals surface area contributed by atoms with Crippen molar-refractivity contribution < 1.29 is 13.6 Å². The minimum Gasteiger partial charge on any atom is -0.341 e. The van der Waals surface area contributed by atoms with Crippen molar-refractivity contribution in [2.24, 2.45) is 5.92 Å². The minimum atomic E-state index is -3.10. The Morgan fingerprint density at radius 1 is 1.25 bits per heavy atom. The van der Waals surface area contributed by atoms with Gasteiger partial charge < -0.3 is 4.90 Å². The fourth-order valence-electron chi connectivity index (χ4n) is 3.21. The zero-order chi connectivity index (χ0) is 17.7. The fourth-order valence-corrected chi connectivity index (χ4v) is 3.21. The Bertz CT molecular complexity index is 527. The largest absolute Gasteiger partial charge is 0.341 e. The van der Waals surface area contributed by atoms with Crippen LogP contribution in [0.3, 0.4) is 0 Å². The van der Waals surface area contributed by atoms with E-state index in [1.165, 1.54) is 18.7 Å². The van der Waals surface area contributed by atoms with Gasteiger partial charge in [-0.05, 0) is 18.4 Å². The van der Waals surface area contributed by atoms with Gasteiger partial charge in [0, 0.05) is 25.6 Å². The van der Waals surface area contributed by atoms with Gasteiger partial charge in [0.25, 0.3) is 5.92 Å². The standard InChI is InChI=1S/C19H28F2N2O/c1-14(2)19(20,21)17(22-13-15-9-5-4-6-10-15)18(24)23(3)16-11-7-8-12-16/h4-6,9-10,14,16-17,22H,7-8,11-13H2,1-3H3. The molecular weight excluding hydrogens is 310 g/mol. The molecule has 0 bridgehead atoms. The number of nitrogens with one attached hydrogen (secondary N) is 1. The van der Waals surface area contributed by atoms with E-state index >= 15 is 0 Å². The molecule has 2 rings (SSSR count). The van der Waals surface area contributed by atoms with Gasteiger partial charge in [-0.1, -0.05) is 57.0 Å². The molecule has 1 unspecified atom stereocenters. The molecule has 1 amide bonds. The molecule has 0 spiro atoms. The Labute approximate surface area is 143 Å². The summed E-state index contributed by atoms with van der Waals surface area (Å²) < 4.78 is 29.4. The maximum atomic E-state index is 14.7. The van der Waals surface area contributed by atoms with Gasteiger partial charge in [0.1, 0.15) is 0 Å². The van der Waals surface area contributed by atoms with Crippen LogP contribution in [0.15, 0.2) is 30.3 Å². The van der Waals surface area contributed by atoms with E-state index in [0.29, 0.717) is 0 Å². The van der Waals surface area contributed by atoms with Crippen LogP contribution in [0.1, 0.15) is 45.1 Å². The smallest absolute Gasteiger partial charge is 0.274 e. The molecule has 5 heteroatoms. The van der Waals surface area contributed by atoms with Gasteiger partial charge >= 0.3 is 0 Å². The van der Waals surface area contributed by atoms with Gasteiger partial charge in [0.2, 0.25) is 5.91 Å². The molecule has 1 N–H and O–H groups in total. The number of benzene rings is 1. The third kappa shape index (κ3) is 4.32. The summed E-state index contributed by atoms with van der Waals surface area (Å²) in [6.07, 6.45) is 3.93. The summed E-state index contributed by atoms with van der Waals surface area (Å²) in [6.45, 7) is 3.16. The molecule has 1 aromatic rings. The lowest BCUT2D eigenvalue weighted by molar-refractivity contribution is -0.150. The van der Waals surface area contributed by atoms with Crippen LogP contribution >= 0.6 is 0 Å². The Morgan fingerprint density at radius 3 is 2.38 bits per heavy atom. The summed E-state index contributed by atoms with van der Waals surface area (Å²) in [7, 11) is 1.66. The fraction of sp³-hybridized carbons (Fsp3) is 0.632. The highest BCUT2D eigenvalue weighted by molar-refractivity contribution is 5.83. The van der Waals surface area contributed by atoms with Crippen molar-refractivity contribution in [2.75, 3.05) is 7.05 Å². The maximum absolute atomic E-state index is 14.7. The molecule has 1 aliphatic rings. The van der Waals surface area contributed by atoms with Crippen LogP contribution in [0.25, 0.3) is 0 Å². The molecule has 24 heavy (non-hydrogen) atoms. The second kappa shape index (κ2) is 8.06. The summed E-state index contributed by atoms with van der Waals surface area (Å²) in [5.41, 5.74) is 0.887. The third-order valence-corrected chi connectivity index (χ3v) is 4.97. The molecule has 3 nitrogen and oxygen atoms in total. The average molecular weight is 338 g/mol. The number of nitrogens with zero attached hydrogens (tertiary/aromatic N) is 1. The minimum absolute atomic E-state index is 0.0847. The first-order valence-electron chi connectivity index (χ1n) is 8.75. The summed E-state index contributed by atoms with van der Waals surface area (Å²) in [4.78, 5) is 14.3. The van der Waals surface area contributed by atoms with Crippen LogP contribution in [-0.4, -0.2) is 35.9 Å². The van der Waals surface area contributed by atoms with E-state index in [0.717, 1.165) is 31.2 Å². The zero-order valence-corrected chi connectivity index (χ0v) is 14.8. The molecule has 1 atom stereocenters. The highest BCUT2D eigenvalue weighted by atomic mass is 19.3. The lowest BCUT2D eigenvalue weighted by Crippen LogP contribution is -2.58. The molecule has 1 saturated carbocycles. The SMILES string of the molecule is CC(C)C(F)(F)C(NCc1ccccc1)C(=O)N(C)C1CCCC1. The number of hydrogen-bond donors (Lipinski definition) is 1. The highest BCUT2D eigenvalue weighted by Gasteiger charge is 2.48. The van der Waals surface area contributed by atoms with Gasteiger partial charge in [0.15, 0.2) is 6.04 Å². The molecule has 0 aliphatic heterocycles. The topological polar surface area (TPSA) is 32.3 Å². The molecule has 0 saturated heterocycles. The molecule has 1 aromatic carbocycles. The van der Waals surface area contributed by atoms with Gasteiger partial charge in [-0.15, -0.1) is 0 Å². The van der Waals surface area contributed by atoms with E-state index in [-0.39, 0.29) is 12.6 Å². The van der Waals surface area contributed by atoms with Crippen molar-refractivity contribution >= 4 is 5.91 Å². The van der Waals surface area contributed by atoms with Crippen molar-refractivity contribution in [1.82, 2.24) is 10.2 Å². The van der Waals surface area contributed by atoms with Crippen molar-refractivity contribution in [2.45, 2.75) is 64.1 Å². The quantitative estimate of drug-likeness (QED) is 0.819.